The number of ether oxygens (including phenoxy) is 1. The van der Waals surface area contributed by atoms with Crippen LogP contribution in [-0.4, -0.2) is 23.1 Å². The highest BCUT2D eigenvalue weighted by Gasteiger charge is 2.14. The maximum Gasteiger partial charge on any atom is 0.306 e. The van der Waals surface area contributed by atoms with Gasteiger partial charge in [0.2, 0.25) is 0 Å². The molecule has 0 aliphatic rings. The van der Waals surface area contributed by atoms with E-state index < -0.39 is 5.97 Å². The second-order valence-electron chi connectivity index (χ2n) is 14.1. The highest BCUT2D eigenvalue weighted by atomic mass is 16.5. The van der Waals surface area contributed by atoms with Crippen LogP contribution in [0, 0.1) is 0 Å². The SMILES string of the molecule is CC/C=C\C/C=C\C/C=C\C/C=C\CCCCC(CCCCCCCC(=O)O)OC(=O)CCCCCCCC/C=C\C/C=C\C/C=C\CCCCC. The predicted octanol–water partition coefficient (Wildman–Crippen LogP) is 15.2. The Kier molecular flexibility index (Phi) is 40.2. The van der Waals surface area contributed by atoms with Gasteiger partial charge in [-0.15, -0.1) is 0 Å². The van der Waals surface area contributed by atoms with Crippen molar-refractivity contribution in [2.45, 2.75) is 206 Å². The molecule has 52 heavy (non-hydrogen) atoms. The minimum atomic E-state index is -0.712. The van der Waals surface area contributed by atoms with Crippen molar-refractivity contribution in [1.82, 2.24) is 0 Å². The number of carbonyl (C=O) groups excluding carboxylic acids is 1. The first-order valence-corrected chi connectivity index (χ1v) is 21.6. The first-order chi connectivity index (χ1) is 25.6. The number of carboxylic acids is 1. The van der Waals surface area contributed by atoms with Gasteiger partial charge in [0.15, 0.2) is 0 Å². The van der Waals surface area contributed by atoms with Crippen LogP contribution in [0.5, 0.6) is 0 Å². The number of carboxylic acid groups (broad SMARTS) is 1. The summed E-state index contributed by atoms with van der Waals surface area (Å²) in [6.07, 6.45) is 61.7. The molecule has 296 valence electrons. The average Bonchev–Trinajstić information content (AvgIpc) is 3.13. The van der Waals surface area contributed by atoms with Crippen LogP contribution in [0.1, 0.15) is 200 Å². The van der Waals surface area contributed by atoms with Crippen molar-refractivity contribution < 1.29 is 19.4 Å². The van der Waals surface area contributed by atoms with Gasteiger partial charge in [0.1, 0.15) is 6.10 Å². The number of carbonyl (C=O) groups is 2. The maximum atomic E-state index is 12.7. The molecule has 0 bridgehead atoms. The molecule has 0 radical (unpaired) electrons. The van der Waals surface area contributed by atoms with Crippen molar-refractivity contribution in [1.29, 1.82) is 0 Å². The maximum absolute atomic E-state index is 12.7. The third kappa shape index (κ3) is 41.5. The second kappa shape index (κ2) is 42.5. The first-order valence-electron chi connectivity index (χ1n) is 21.6. The van der Waals surface area contributed by atoms with Crippen LogP contribution in [-0.2, 0) is 14.3 Å². The van der Waals surface area contributed by atoms with Crippen molar-refractivity contribution in [2.75, 3.05) is 0 Å². The molecule has 1 N–H and O–H groups in total. The van der Waals surface area contributed by atoms with Gasteiger partial charge in [0, 0.05) is 12.8 Å². The summed E-state index contributed by atoms with van der Waals surface area (Å²) in [4.78, 5) is 23.5. The molecule has 0 aromatic carbocycles. The summed E-state index contributed by atoms with van der Waals surface area (Å²) in [6, 6.07) is 0. The largest absolute Gasteiger partial charge is 0.481 e. The summed E-state index contributed by atoms with van der Waals surface area (Å²) in [6.45, 7) is 4.41. The van der Waals surface area contributed by atoms with Gasteiger partial charge in [-0.25, -0.2) is 0 Å². The smallest absolute Gasteiger partial charge is 0.306 e. The summed E-state index contributed by atoms with van der Waals surface area (Å²) in [5.74, 6) is -0.746. The summed E-state index contributed by atoms with van der Waals surface area (Å²) < 4.78 is 6.00. The van der Waals surface area contributed by atoms with Crippen LogP contribution in [0.15, 0.2) is 85.1 Å². The zero-order valence-corrected chi connectivity index (χ0v) is 33.8. The van der Waals surface area contributed by atoms with Crippen molar-refractivity contribution in [3.8, 4) is 0 Å². The van der Waals surface area contributed by atoms with Crippen molar-refractivity contribution in [2.24, 2.45) is 0 Å². The number of unbranched alkanes of at least 4 members (excludes halogenated alkanes) is 15. The number of aliphatic carboxylic acids is 1. The summed E-state index contributed by atoms with van der Waals surface area (Å²) in [5.41, 5.74) is 0. The minimum Gasteiger partial charge on any atom is -0.481 e. The third-order valence-corrected chi connectivity index (χ3v) is 9.10. The number of esters is 1. The van der Waals surface area contributed by atoms with E-state index in [9.17, 15) is 9.59 Å². The topological polar surface area (TPSA) is 63.6 Å². The molecule has 1 atom stereocenters. The minimum absolute atomic E-state index is 0.00431. The van der Waals surface area contributed by atoms with Gasteiger partial charge in [-0.3, -0.25) is 9.59 Å². The lowest BCUT2D eigenvalue weighted by atomic mass is 10.0. The van der Waals surface area contributed by atoms with Crippen LogP contribution >= 0.6 is 0 Å². The molecule has 0 aliphatic heterocycles. The molecule has 0 fully saturated rings. The Hall–Kier alpha value is -2.88. The van der Waals surface area contributed by atoms with Gasteiger partial charge in [0.05, 0.1) is 0 Å². The second-order valence-corrected chi connectivity index (χ2v) is 14.1. The number of rotatable bonds is 38. The molecule has 1 unspecified atom stereocenters. The van der Waals surface area contributed by atoms with Crippen molar-refractivity contribution in [3.05, 3.63) is 85.1 Å². The van der Waals surface area contributed by atoms with Gasteiger partial charge < -0.3 is 9.84 Å². The Balaban J connectivity index is 4.15. The van der Waals surface area contributed by atoms with Gasteiger partial charge in [0.25, 0.3) is 0 Å². The molecule has 0 spiro atoms. The number of hydrogen-bond donors (Lipinski definition) is 1. The Morgan fingerprint density at radius 2 is 0.808 bits per heavy atom. The molecular formula is C48H80O4. The fourth-order valence-electron chi connectivity index (χ4n) is 5.95. The molecular weight excluding hydrogens is 641 g/mol. The lowest BCUT2D eigenvalue weighted by Crippen LogP contribution is -2.18. The highest BCUT2D eigenvalue weighted by molar-refractivity contribution is 5.69. The molecule has 0 saturated carbocycles. The molecule has 4 heteroatoms. The van der Waals surface area contributed by atoms with Crippen LogP contribution in [0.4, 0.5) is 0 Å². The first kappa shape index (κ1) is 49.1. The Bertz CT molecular complexity index is 996. The summed E-state index contributed by atoms with van der Waals surface area (Å²) in [5, 5.41) is 8.84. The van der Waals surface area contributed by atoms with Crippen LogP contribution in [0.25, 0.3) is 0 Å². The van der Waals surface area contributed by atoms with Crippen molar-refractivity contribution >= 4 is 11.9 Å². The van der Waals surface area contributed by atoms with E-state index >= 15 is 0 Å². The van der Waals surface area contributed by atoms with E-state index in [2.05, 4.69) is 98.9 Å². The van der Waals surface area contributed by atoms with E-state index in [0.29, 0.717) is 6.42 Å². The normalized spacial score (nSPS) is 13.1. The van der Waals surface area contributed by atoms with E-state index in [0.717, 1.165) is 122 Å². The molecule has 4 nitrogen and oxygen atoms in total. The molecule has 0 aliphatic carbocycles. The summed E-state index contributed by atoms with van der Waals surface area (Å²) in [7, 11) is 0. The Labute approximate surface area is 321 Å². The monoisotopic (exact) mass is 721 g/mol. The zero-order valence-electron chi connectivity index (χ0n) is 33.8. The van der Waals surface area contributed by atoms with E-state index in [1.807, 2.05) is 0 Å². The van der Waals surface area contributed by atoms with Crippen LogP contribution in [0.3, 0.4) is 0 Å². The van der Waals surface area contributed by atoms with Gasteiger partial charge >= 0.3 is 11.9 Å². The van der Waals surface area contributed by atoms with E-state index in [-0.39, 0.29) is 18.5 Å². The molecule has 0 saturated heterocycles. The van der Waals surface area contributed by atoms with Crippen LogP contribution < -0.4 is 0 Å². The van der Waals surface area contributed by atoms with E-state index in [4.69, 9.17) is 9.84 Å². The fourth-order valence-corrected chi connectivity index (χ4v) is 5.95. The summed E-state index contributed by atoms with van der Waals surface area (Å²) >= 11 is 0. The lowest BCUT2D eigenvalue weighted by Gasteiger charge is -2.18. The molecule has 0 aromatic rings. The Morgan fingerprint density at radius 1 is 0.442 bits per heavy atom. The zero-order chi connectivity index (χ0) is 37.8. The van der Waals surface area contributed by atoms with Crippen molar-refractivity contribution in [3.63, 3.8) is 0 Å². The molecule has 0 rings (SSSR count). The van der Waals surface area contributed by atoms with E-state index in [1.165, 1.54) is 51.4 Å². The fraction of sp³-hybridized carbons (Fsp3) is 0.667. The number of allylic oxidation sites excluding steroid dienone is 14. The molecule has 0 heterocycles. The lowest BCUT2D eigenvalue weighted by molar-refractivity contribution is -0.150. The van der Waals surface area contributed by atoms with Gasteiger partial charge in [-0.1, -0.05) is 157 Å². The van der Waals surface area contributed by atoms with Crippen LogP contribution in [0.2, 0.25) is 0 Å². The Morgan fingerprint density at radius 3 is 1.29 bits per heavy atom. The predicted molar refractivity (Wildman–Crippen MR) is 227 cm³/mol. The third-order valence-electron chi connectivity index (χ3n) is 9.10. The highest BCUT2D eigenvalue weighted by Crippen LogP contribution is 2.18. The molecule has 0 amide bonds. The van der Waals surface area contributed by atoms with Gasteiger partial charge in [-0.2, -0.15) is 0 Å². The van der Waals surface area contributed by atoms with Gasteiger partial charge in [-0.05, 0) is 116 Å². The van der Waals surface area contributed by atoms with E-state index in [1.54, 1.807) is 0 Å². The quantitative estimate of drug-likeness (QED) is 0.0392. The average molecular weight is 721 g/mol. The number of hydrogen-bond acceptors (Lipinski definition) is 3. The standard InChI is InChI=1S/C48H80O4/c1-3-5-7-9-11-13-15-17-19-20-21-22-24-26-28-30-32-37-41-45-48(51)52-46(43-39-35-33-36-40-44-47(49)50)42-38-34-31-29-27-25-23-18-16-14-12-10-8-6-4-2/h6,8,11-14,17-19,21-23,27,29,46H,3-5,7,9-10,15-16,20,24-26,28,30-45H2,1-2H3,(H,49,50)/b8-6-,13-11-,14-12-,19-17-,22-21-,23-18-,29-27-. The molecule has 0 aromatic heterocycles.